The number of anilines is 2. The van der Waals surface area contributed by atoms with Crippen molar-refractivity contribution < 1.29 is 9.59 Å². The SMILES string of the molecule is Cn1ccc2cccc(NC(=O)c3cc(NC(=O)C4C(c5cc(Cl)cc(Cl)c5)C4(C)Cl)ccc3Cl)c21. The number of nitrogens with one attached hydrogen (secondary N) is 2. The molecule has 1 aromatic heterocycles. The van der Waals surface area contributed by atoms with Crippen LogP contribution < -0.4 is 10.6 Å². The molecule has 3 unspecified atom stereocenters. The summed E-state index contributed by atoms with van der Waals surface area (Å²) in [4.78, 5) is 25.5. The van der Waals surface area contributed by atoms with Crippen LogP contribution in [0.2, 0.25) is 15.1 Å². The summed E-state index contributed by atoms with van der Waals surface area (Å²) >= 11 is 25.3. The van der Waals surface area contributed by atoms with Gasteiger partial charge >= 0.3 is 0 Å². The van der Waals surface area contributed by atoms with Crippen molar-refractivity contribution in [3.8, 4) is 0 Å². The fraction of sp³-hybridized carbons (Fsp3) is 0.185. The number of carbonyl (C=O) groups excluding carboxylic acids is 2. The number of hydrogen-bond donors (Lipinski definition) is 2. The van der Waals surface area contributed by atoms with Gasteiger partial charge in [-0.1, -0.05) is 46.9 Å². The summed E-state index contributed by atoms with van der Waals surface area (Å²) in [5, 5.41) is 8.05. The quantitative estimate of drug-likeness (QED) is 0.245. The van der Waals surface area contributed by atoms with Gasteiger partial charge in [-0.3, -0.25) is 9.59 Å². The van der Waals surface area contributed by atoms with Crippen LogP contribution in [0.5, 0.6) is 0 Å². The number of hydrogen-bond acceptors (Lipinski definition) is 2. The van der Waals surface area contributed by atoms with Gasteiger partial charge in [0.15, 0.2) is 0 Å². The zero-order chi connectivity index (χ0) is 25.8. The molecule has 184 valence electrons. The van der Waals surface area contributed by atoms with Crippen molar-refractivity contribution in [3.63, 3.8) is 0 Å². The van der Waals surface area contributed by atoms with Crippen LogP contribution in [0.4, 0.5) is 11.4 Å². The Kier molecular flexibility index (Phi) is 6.46. The van der Waals surface area contributed by atoms with E-state index in [1.807, 2.05) is 49.0 Å². The molecule has 3 aromatic carbocycles. The molecule has 0 aliphatic heterocycles. The molecule has 5 rings (SSSR count). The van der Waals surface area contributed by atoms with Crippen molar-refractivity contribution in [2.75, 3.05) is 10.6 Å². The minimum atomic E-state index is -0.793. The molecule has 1 fully saturated rings. The average Bonchev–Trinajstić information content (AvgIpc) is 3.19. The maximum absolute atomic E-state index is 13.2. The molecule has 1 heterocycles. The fourth-order valence-electron chi connectivity index (χ4n) is 4.81. The predicted octanol–water partition coefficient (Wildman–Crippen LogP) is 7.74. The van der Waals surface area contributed by atoms with Crippen LogP contribution in [-0.2, 0) is 11.8 Å². The predicted molar refractivity (Wildman–Crippen MR) is 148 cm³/mol. The molecule has 0 bridgehead atoms. The topological polar surface area (TPSA) is 63.1 Å². The van der Waals surface area contributed by atoms with Gasteiger partial charge in [0.2, 0.25) is 5.91 Å². The fourth-order valence-corrected chi connectivity index (χ4v) is 5.97. The van der Waals surface area contributed by atoms with E-state index < -0.39 is 10.8 Å². The number of fused-ring (bicyclic) bond motifs is 1. The Balaban J connectivity index is 1.36. The average molecular weight is 561 g/mol. The van der Waals surface area contributed by atoms with Gasteiger partial charge in [0.25, 0.3) is 5.91 Å². The molecule has 2 amide bonds. The second-order valence-corrected chi connectivity index (χ2v) is 11.2. The number of rotatable bonds is 5. The van der Waals surface area contributed by atoms with Crippen LogP contribution in [0.3, 0.4) is 0 Å². The van der Waals surface area contributed by atoms with Crippen LogP contribution in [0.15, 0.2) is 66.9 Å². The summed E-state index contributed by atoms with van der Waals surface area (Å²) in [6.07, 6.45) is 1.93. The van der Waals surface area contributed by atoms with Gasteiger partial charge in [0.1, 0.15) is 0 Å². The van der Waals surface area contributed by atoms with Crippen molar-refractivity contribution >= 4 is 80.5 Å². The van der Waals surface area contributed by atoms with E-state index in [0.717, 1.165) is 16.5 Å². The Bertz CT molecular complexity index is 1510. The van der Waals surface area contributed by atoms with Crippen LogP contribution in [0.1, 0.15) is 28.8 Å². The summed E-state index contributed by atoms with van der Waals surface area (Å²) in [5.74, 6) is -1.41. The minimum Gasteiger partial charge on any atom is -0.349 e. The van der Waals surface area contributed by atoms with Gasteiger partial charge in [0, 0.05) is 40.3 Å². The Morgan fingerprint density at radius 3 is 2.39 bits per heavy atom. The number of para-hydroxylation sites is 1. The largest absolute Gasteiger partial charge is 0.349 e. The normalized spacial score (nSPS) is 20.8. The zero-order valence-electron chi connectivity index (χ0n) is 19.3. The lowest BCUT2D eigenvalue weighted by atomic mass is 10.1. The second-order valence-electron chi connectivity index (χ2n) is 9.12. The monoisotopic (exact) mass is 559 g/mol. The number of benzene rings is 3. The molecule has 4 aromatic rings. The summed E-state index contributed by atoms with van der Waals surface area (Å²) in [6, 6.07) is 17.6. The first-order valence-corrected chi connectivity index (χ1v) is 12.7. The van der Waals surface area contributed by atoms with E-state index in [0.29, 0.717) is 21.4 Å². The van der Waals surface area contributed by atoms with E-state index >= 15 is 0 Å². The Morgan fingerprint density at radius 1 is 0.944 bits per heavy atom. The summed E-state index contributed by atoms with van der Waals surface area (Å²) in [5.41, 5.74) is 3.04. The summed E-state index contributed by atoms with van der Waals surface area (Å²) in [6.45, 7) is 1.81. The first-order valence-electron chi connectivity index (χ1n) is 11.2. The van der Waals surface area contributed by atoms with E-state index in [-0.39, 0.29) is 28.3 Å². The van der Waals surface area contributed by atoms with Crippen molar-refractivity contribution in [2.24, 2.45) is 13.0 Å². The minimum absolute atomic E-state index is 0.239. The van der Waals surface area contributed by atoms with Gasteiger partial charge in [-0.25, -0.2) is 0 Å². The van der Waals surface area contributed by atoms with Crippen molar-refractivity contribution in [2.45, 2.75) is 17.7 Å². The van der Waals surface area contributed by atoms with Crippen molar-refractivity contribution in [1.29, 1.82) is 0 Å². The molecule has 36 heavy (non-hydrogen) atoms. The molecule has 0 saturated heterocycles. The van der Waals surface area contributed by atoms with Gasteiger partial charge < -0.3 is 15.2 Å². The van der Waals surface area contributed by atoms with Gasteiger partial charge in [-0.2, -0.15) is 0 Å². The number of aromatic nitrogens is 1. The van der Waals surface area contributed by atoms with E-state index in [4.69, 9.17) is 46.4 Å². The van der Waals surface area contributed by atoms with Crippen molar-refractivity contribution in [3.05, 3.63) is 93.1 Å². The first-order chi connectivity index (χ1) is 17.1. The Labute approximate surface area is 228 Å². The zero-order valence-corrected chi connectivity index (χ0v) is 22.3. The summed E-state index contributed by atoms with van der Waals surface area (Å²) in [7, 11) is 1.91. The third-order valence-corrected chi connectivity index (χ3v) is 7.83. The van der Waals surface area contributed by atoms with Crippen LogP contribution in [0, 0.1) is 5.92 Å². The second kappa shape index (κ2) is 9.31. The van der Waals surface area contributed by atoms with Crippen LogP contribution >= 0.6 is 46.4 Å². The summed E-state index contributed by atoms with van der Waals surface area (Å²) < 4.78 is 1.94. The highest BCUT2D eigenvalue weighted by Gasteiger charge is 2.65. The highest BCUT2D eigenvalue weighted by molar-refractivity contribution is 6.35. The molecule has 9 heteroatoms. The molecule has 1 aliphatic carbocycles. The highest BCUT2D eigenvalue weighted by atomic mass is 35.5. The lowest BCUT2D eigenvalue weighted by Gasteiger charge is -2.12. The van der Waals surface area contributed by atoms with E-state index in [2.05, 4.69) is 10.6 Å². The lowest BCUT2D eigenvalue weighted by Crippen LogP contribution is -2.19. The maximum atomic E-state index is 13.2. The molecule has 2 N–H and O–H groups in total. The number of nitrogens with zero attached hydrogens (tertiary/aromatic N) is 1. The van der Waals surface area contributed by atoms with E-state index in [1.54, 1.807) is 36.4 Å². The Hall–Kier alpha value is -2.70. The van der Waals surface area contributed by atoms with Crippen molar-refractivity contribution in [1.82, 2.24) is 4.57 Å². The molecule has 1 saturated carbocycles. The van der Waals surface area contributed by atoms with Crippen LogP contribution in [-0.4, -0.2) is 21.3 Å². The van der Waals surface area contributed by atoms with Crippen LogP contribution in [0.25, 0.3) is 10.9 Å². The first kappa shape index (κ1) is 25.0. The number of aryl methyl sites for hydroxylation is 1. The molecule has 1 aliphatic rings. The van der Waals surface area contributed by atoms with Gasteiger partial charge in [-0.15, -0.1) is 11.6 Å². The number of carbonyl (C=O) groups is 2. The molecular weight excluding hydrogens is 540 g/mol. The number of amides is 2. The third kappa shape index (κ3) is 4.57. The number of alkyl halides is 1. The highest BCUT2D eigenvalue weighted by Crippen LogP contribution is 2.62. The van der Waals surface area contributed by atoms with E-state index in [1.165, 1.54) is 0 Å². The molecule has 5 nitrogen and oxygen atoms in total. The van der Waals surface area contributed by atoms with Gasteiger partial charge in [0.05, 0.1) is 32.6 Å². The number of halogens is 4. The molecule has 0 radical (unpaired) electrons. The standard InChI is InChI=1S/C27H21Cl4N3O2/c1-27(31)22(15-10-16(28)12-17(29)11-15)23(27)26(36)32-18-6-7-20(30)19(13-18)25(35)33-21-5-3-4-14-8-9-34(2)24(14)21/h3-13,22-23H,1-2H3,(H,32,36)(H,33,35). The lowest BCUT2D eigenvalue weighted by molar-refractivity contribution is -0.117. The maximum Gasteiger partial charge on any atom is 0.257 e. The molecule has 3 atom stereocenters. The Morgan fingerprint density at radius 2 is 1.67 bits per heavy atom. The smallest absolute Gasteiger partial charge is 0.257 e. The molecule has 0 spiro atoms. The third-order valence-electron chi connectivity index (χ3n) is 6.59. The van der Waals surface area contributed by atoms with E-state index in [9.17, 15) is 9.59 Å². The molecular formula is C27H21Cl4N3O2. The van der Waals surface area contributed by atoms with Gasteiger partial charge in [-0.05, 0) is 61.0 Å².